The summed E-state index contributed by atoms with van der Waals surface area (Å²) in [6.07, 6.45) is 0.662. The second-order valence-electron chi connectivity index (χ2n) is 6.53. The van der Waals surface area contributed by atoms with Crippen molar-refractivity contribution in [3.8, 4) is 0 Å². The van der Waals surface area contributed by atoms with Crippen molar-refractivity contribution in [3.05, 3.63) is 65.2 Å². The number of nitrogens with one attached hydrogen (secondary N) is 1. The number of halogens is 4. The predicted octanol–water partition coefficient (Wildman–Crippen LogP) is 3.22. The van der Waals surface area contributed by atoms with Crippen LogP contribution in [0.2, 0.25) is 0 Å². The van der Waals surface area contributed by atoms with Gasteiger partial charge in [0.05, 0.1) is 6.42 Å². The highest BCUT2D eigenvalue weighted by atomic mass is 19.3. The number of amides is 1. The van der Waals surface area contributed by atoms with Crippen molar-refractivity contribution in [1.29, 1.82) is 0 Å². The van der Waals surface area contributed by atoms with Crippen molar-refractivity contribution < 1.29 is 22.4 Å². The Labute approximate surface area is 146 Å². The van der Waals surface area contributed by atoms with Gasteiger partial charge in [0, 0.05) is 11.8 Å². The number of rotatable bonds is 1. The molecule has 1 aromatic heterocycles. The number of carbonyl (C=O) groups is 1. The molecule has 8 heteroatoms. The molecule has 1 amide bonds. The average molecular weight is 363 g/mol. The van der Waals surface area contributed by atoms with E-state index in [0.29, 0.717) is 6.92 Å². The van der Waals surface area contributed by atoms with Crippen molar-refractivity contribution >= 4 is 11.7 Å². The zero-order chi connectivity index (χ0) is 18.7. The molecule has 0 fully saturated rings. The molecule has 0 saturated heterocycles. The smallest absolute Gasteiger partial charge is 0.309 e. The van der Waals surface area contributed by atoms with Gasteiger partial charge in [-0.15, -0.1) is 0 Å². The van der Waals surface area contributed by atoms with Crippen LogP contribution in [-0.2, 0) is 16.0 Å². The summed E-state index contributed by atoms with van der Waals surface area (Å²) in [6, 6.07) is 7.48. The monoisotopic (exact) mass is 363 g/mol. The molecule has 1 N–H and O–H groups in total. The van der Waals surface area contributed by atoms with E-state index >= 15 is 13.2 Å². The number of hydrogen-bond acceptors (Lipinski definition) is 3. The van der Waals surface area contributed by atoms with Gasteiger partial charge in [-0.25, -0.2) is 13.8 Å². The maximum atomic E-state index is 15.2. The Balaban J connectivity index is 2.01. The number of nitrogens with zero attached hydrogens (tertiary/aromatic N) is 2. The fourth-order valence-electron chi connectivity index (χ4n) is 3.62. The topological polar surface area (TPSA) is 54.4 Å². The Hall–Kier alpha value is -2.77. The third-order valence-electron chi connectivity index (χ3n) is 4.93. The van der Waals surface area contributed by atoms with Crippen molar-refractivity contribution in [2.75, 3.05) is 0 Å². The van der Waals surface area contributed by atoms with Crippen LogP contribution in [-0.4, -0.2) is 22.6 Å². The summed E-state index contributed by atoms with van der Waals surface area (Å²) in [4.78, 5) is 20.3. The fraction of sp³-hybridized carbons (Fsp3) is 0.278. The Bertz CT molecular complexity index is 943. The molecule has 2 aliphatic rings. The molecule has 1 spiro atoms. The lowest BCUT2D eigenvalue weighted by molar-refractivity contribution is -0.173. The highest BCUT2D eigenvalue weighted by molar-refractivity contribution is 6.09. The number of alkyl halides is 3. The third-order valence-corrected chi connectivity index (χ3v) is 4.93. The molecular formula is C18H13F4N3O. The van der Waals surface area contributed by atoms with Gasteiger partial charge in [0.15, 0.2) is 17.0 Å². The van der Waals surface area contributed by atoms with Crippen molar-refractivity contribution in [2.24, 2.45) is 4.99 Å². The summed E-state index contributed by atoms with van der Waals surface area (Å²) in [5.41, 5.74) is -6.17. The number of pyridine rings is 1. The number of aliphatic imine (C=N–C) groups is 1. The van der Waals surface area contributed by atoms with Crippen molar-refractivity contribution in [1.82, 2.24) is 10.3 Å². The Morgan fingerprint density at radius 1 is 1.12 bits per heavy atom. The SMILES string of the molecule is CC1(F)c2cc(F)ccc2C2(CC(=O)NC(c3ccccn3)=N2)C1(F)F. The van der Waals surface area contributed by atoms with Crippen molar-refractivity contribution in [2.45, 2.75) is 30.5 Å². The maximum Gasteiger partial charge on any atom is 0.314 e. The Morgan fingerprint density at radius 2 is 1.88 bits per heavy atom. The number of carbonyl (C=O) groups excluding carboxylic acids is 1. The molecule has 4 rings (SSSR count). The molecule has 0 saturated carbocycles. The average Bonchev–Trinajstić information content (AvgIpc) is 2.71. The molecule has 1 aliphatic carbocycles. The van der Waals surface area contributed by atoms with Crippen LogP contribution >= 0.6 is 0 Å². The first-order valence-corrected chi connectivity index (χ1v) is 7.87. The second-order valence-corrected chi connectivity index (χ2v) is 6.53. The van der Waals surface area contributed by atoms with Gasteiger partial charge in [-0.2, -0.15) is 8.78 Å². The summed E-state index contributed by atoms with van der Waals surface area (Å²) >= 11 is 0. The van der Waals surface area contributed by atoms with Gasteiger partial charge in [-0.3, -0.25) is 9.78 Å². The van der Waals surface area contributed by atoms with E-state index in [1.165, 1.54) is 12.3 Å². The van der Waals surface area contributed by atoms with Gasteiger partial charge < -0.3 is 5.32 Å². The van der Waals surface area contributed by atoms with Crippen LogP contribution in [0.4, 0.5) is 17.6 Å². The standard InChI is InChI=1S/C18H13F4N3O/c1-16(20)12-8-10(19)5-6-11(12)17(18(16,21)22)9-14(26)24-15(25-17)13-4-2-3-7-23-13/h2-8H,9H2,1H3,(H,24,25,26). The van der Waals surface area contributed by atoms with Gasteiger partial charge in [0.2, 0.25) is 5.91 Å². The van der Waals surface area contributed by atoms with Gasteiger partial charge in [0.25, 0.3) is 0 Å². The Kier molecular flexibility index (Phi) is 3.29. The quantitative estimate of drug-likeness (QED) is 0.791. The van der Waals surface area contributed by atoms with E-state index in [-0.39, 0.29) is 17.1 Å². The fourth-order valence-corrected chi connectivity index (χ4v) is 3.62. The zero-order valence-corrected chi connectivity index (χ0v) is 13.6. The number of hydrogen-bond donors (Lipinski definition) is 1. The van der Waals surface area contributed by atoms with E-state index in [9.17, 15) is 9.18 Å². The minimum atomic E-state index is -4.06. The van der Waals surface area contributed by atoms with Crippen LogP contribution in [0, 0.1) is 5.82 Å². The first kappa shape index (κ1) is 16.7. The van der Waals surface area contributed by atoms with E-state index in [2.05, 4.69) is 15.3 Å². The molecule has 2 heterocycles. The highest BCUT2D eigenvalue weighted by Crippen LogP contribution is 2.63. The van der Waals surface area contributed by atoms with E-state index < -0.39 is 40.8 Å². The van der Waals surface area contributed by atoms with Crippen LogP contribution < -0.4 is 5.32 Å². The van der Waals surface area contributed by atoms with E-state index in [4.69, 9.17) is 0 Å². The molecular weight excluding hydrogens is 350 g/mol. The minimum absolute atomic E-state index is 0.172. The van der Waals surface area contributed by atoms with E-state index in [0.717, 1.165) is 18.2 Å². The molecule has 0 radical (unpaired) electrons. The van der Waals surface area contributed by atoms with E-state index in [1.54, 1.807) is 12.1 Å². The second kappa shape index (κ2) is 5.12. The summed E-state index contributed by atoms with van der Waals surface area (Å²) in [7, 11) is 0. The largest absolute Gasteiger partial charge is 0.314 e. The maximum absolute atomic E-state index is 15.2. The third kappa shape index (κ3) is 1.98. The van der Waals surface area contributed by atoms with Crippen LogP contribution in [0.5, 0.6) is 0 Å². The molecule has 2 aromatic rings. The number of aromatic nitrogens is 1. The molecule has 134 valence electrons. The summed E-state index contributed by atoms with van der Waals surface area (Å²) in [5, 5.41) is 2.41. The molecule has 1 aliphatic heterocycles. The van der Waals surface area contributed by atoms with Gasteiger partial charge in [-0.05, 0) is 36.8 Å². The predicted molar refractivity (Wildman–Crippen MR) is 85.0 cm³/mol. The lowest BCUT2D eigenvalue weighted by Crippen LogP contribution is -2.55. The lowest BCUT2D eigenvalue weighted by Gasteiger charge is -2.38. The number of benzene rings is 1. The normalized spacial score (nSPS) is 29.3. The van der Waals surface area contributed by atoms with Gasteiger partial charge in [-0.1, -0.05) is 12.1 Å². The zero-order valence-electron chi connectivity index (χ0n) is 13.6. The summed E-state index contributed by atoms with van der Waals surface area (Å²) < 4.78 is 59.2. The molecule has 2 unspecified atom stereocenters. The van der Waals surface area contributed by atoms with Gasteiger partial charge >= 0.3 is 5.92 Å². The molecule has 4 nitrogen and oxygen atoms in total. The highest BCUT2D eigenvalue weighted by Gasteiger charge is 2.74. The molecule has 26 heavy (non-hydrogen) atoms. The first-order valence-electron chi connectivity index (χ1n) is 7.87. The number of fused-ring (bicyclic) bond motifs is 2. The van der Waals surface area contributed by atoms with Crippen LogP contribution in [0.3, 0.4) is 0 Å². The first-order chi connectivity index (χ1) is 12.2. The van der Waals surface area contributed by atoms with Crippen LogP contribution in [0.25, 0.3) is 0 Å². The minimum Gasteiger partial charge on any atom is -0.309 e. The van der Waals surface area contributed by atoms with Crippen LogP contribution in [0.1, 0.15) is 30.2 Å². The molecule has 1 aromatic carbocycles. The van der Waals surface area contributed by atoms with E-state index in [1.807, 2.05) is 0 Å². The molecule has 2 atom stereocenters. The van der Waals surface area contributed by atoms with Crippen molar-refractivity contribution in [3.63, 3.8) is 0 Å². The Morgan fingerprint density at radius 3 is 2.58 bits per heavy atom. The summed E-state index contributed by atoms with van der Waals surface area (Å²) in [5.74, 6) is -5.81. The molecule has 0 bridgehead atoms. The van der Waals surface area contributed by atoms with Crippen LogP contribution in [0.15, 0.2) is 47.6 Å². The lowest BCUT2D eigenvalue weighted by atomic mass is 9.83. The summed E-state index contributed by atoms with van der Waals surface area (Å²) in [6.45, 7) is 0.683. The van der Waals surface area contributed by atoms with Gasteiger partial charge in [0.1, 0.15) is 11.5 Å². The number of amidine groups is 1.